The minimum absolute atomic E-state index is 0.279. The van der Waals surface area contributed by atoms with Gasteiger partial charge in [-0.2, -0.15) is 0 Å². The molecule has 1 aromatic carbocycles. The molecule has 120 valence electrons. The van der Waals surface area contributed by atoms with E-state index in [1.807, 2.05) is 18.2 Å². The first kappa shape index (κ1) is 16.4. The number of benzene rings is 1. The Kier molecular flexibility index (Phi) is 3.98. The van der Waals surface area contributed by atoms with Gasteiger partial charge in [-0.25, -0.2) is 17.4 Å². The van der Waals surface area contributed by atoms with Gasteiger partial charge in [0, 0.05) is 21.4 Å². The Morgan fingerprint density at radius 2 is 1.74 bits per heavy atom. The van der Waals surface area contributed by atoms with Crippen molar-refractivity contribution in [1.82, 2.24) is 8.96 Å². The minimum Gasteiger partial charge on any atom is -0.236 e. The summed E-state index contributed by atoms with van der Waals surface area (Å²) in [7, 11) is -5.57. The number of fused-ring (bicyclic) bond motifs is 1. The summed E-state index contributed by atoms with van der Waals surface area (Å²) >= 11 is 3.40. The zero-order valence-electron chi connectivity index (χ0n) is 13.1. The molecule has 0 bridgehead atoms. The maximum atomic E-state index is 13.2. The van der Waals surface area contributed by atoms with E-state index >= 15 is 0 Å². The molecule has 0 amide bonds. The summed E-state index contributed by atoms with van der Waals surface area (Å²) in [5.41, 5.74) is 0.481. The van der Waals surface area contributed by atoms with Crippen LogP contribution in [0.15, 0.2) is 58.0 Å². The van der Waals surface area contributed by atoms with Crippen LogP contribution >= 0.6 is 15.9 Å². The smallest absolute Gasteiger partial charge is 0.236 e. The highest BCUT2D eigenvalue weighted by Crippen LogP contribution is 2.24. The van der Waals surface area contributed by atoms with Gasteiger partial charge in [0.1, 0.15) is 8.07 Å². The predicted molar refractivity (Wildman–Crippen MR) is 99.4 cm³/mol. The lowest BCUT2D eigenvalue weighted by Crippen LogP contribution is -2.44. The third kappa shape index (κ3) is 2.88. The van der Waals surface area contributed by atoms with Crippen LogP contribution in [0.4, 0.5) is 0 Å². The molecule has 0 aliphatic heterocycles. The molecule has 0 atom stereocenters. The Morgan fingerprint density at radius 1 is 1.09 bits per heavy atom. The van der Waals surface area contributed by atoms with Crippen LogP contribution in [0.3, 0.4) is 0 Å². The van der Waals surface area contributed by atoms with Gasteiger partial charge in [0.2, 0.25) is 0 Å². The summed E-state index contributed by atoms with van der Waals surface area (Å²) in [6.45, 7) is 6.40. The van der Waals surface area contributed by atoms with Crippen molar-refractivity contribution in [3.05, 3.63) is 53.1 Å². The van der Waals surface area contributed by atoms with Gasteiger partial charge in [-0.15, -0.1) is 0 Å². The lowest BCUT2D eigenvalue weighted by atomic mass is 10.3. The van der Waals surface area contributed by atoms with Gasteiger partial charge in [0.05, 0.1) is 4.90 Å². The van der Waals surface area contributed by atoms with E-state index < -0.39 is 18.1 Å². The monoisotopic (exact) mass is 408 g/mol. The molecule has 0 radical (unpaired) electrons. The summed E-state index contributed by atoms with van der Waals surface area (Å²) in [5, 5.41) is 1.68. The summed E-state index contributed by atoms with van der Waals surface area (Å²) in [6, 6.07) is 12.4. The molecular formula is C16H17BrN2O2SSi. The average Bonchev–Trinajstić information content (AvgIpc) is 2.87. The zero-order chi connectivity index (χ0) is 16.8. The molecule has 23 heavy (non-hydrogen) atoms. The van der Waals surface area contributed by atoms with Gasteiger partial charge in [0.25, 0.3) is 10.0 Å². The van der Waals surface area contributed by atoms with E-state index in [9.17, 15) is 8.42 Å². The Bertz CT molecular complexity index is 976. The number of pyridine rings is 1. The van der Waals surface area contributed by atoms with Gasteiger partial charge in [-0.3, -0.25) is 0 Å². The fourth-order valence-electron chi connectivity index (χ4n) is 2.51. The van der Waals surface area contributed by atoms with Crippen LogP contribution < -0.4 is 5.32 Å². The van der Waals surface area contributed by atoms with Crippen molar-refractivity contribution in [2.75, 3.05) is 0 Å². The van der Waals surface area contributed by atoms with Gasteiger partial charge >= 0.3 is 0 Å². The molecule has 0 unspecified atom stereocenters. The first-order valence-corrected chi connectivity index (χ1v) is 12.9. The fourth-order valence-corrected chi connectivity index (χ4v) is 6.74. The number of hydrogen-bond donors (Lipinski definition) is 0. The molecule has 2 aromatic heterocycles. The SMILES string of the molecule is C[Si](C)(C)c1cc2cc(Br)cnc2n1S(=O)(=O)c1ccccc1. The second-order valence-corrected chi connectivity index (χ2v) is 14.1. The van der Waals surface area contributed by atoms with Gasteiger partial charge in [-0.05, 0) is 40.2 Å². The van der Waals surface area contributed by atoms with Crippen molar-refractivity contribution >= 4 is 50.4 Å². The van der Waals surface area contributed by atoms with Crippen molar-refractivity contribution in [3.8, 4) is 0 Å². The van der Waals surface area contributed by atoms with E-state index in [2.05, 4.69) is 40.6 Å². The topological polar surface area (TPSA) is 52.0 Å². The van der Waals surface area contributed by atoms with E-state index in [-0.39, 0.29) is 4.90 Å². The maximum absolute atomic E-state index is 13.2. The van der Waals surface area contributed by atoms with Gasteiger partial charge in [0.15, 0.2) is 5.65 Å². The molecule has 3 aromatic rings. The Hall–Kier alpha value is -1.44. The lowest BCUT2D eigenvalue weighted by molar-refractivity contribution is 0.589. The Labute approximate surface area is 145 Å². The number of nitrogens with zero attached hydrogens (tertiary/aromatic N) is 2. The van der Waals surface area contributed by atoms with E-state index in [4.69, 9.17) is 0 Å². The summed E-state index contributed by atoms with van der Waals surface area (Å²) in [6.07, 6.45) is 1.63. The van der Waals surface area contributed by atoms with Crippen LogP contribution in [0.2, 0.25) is 19.6 Å². The highest BCUT2D eigenvalue weighted by molar-refractivity contribution is 9.10. The third-order valence-corrected chi connectivity index (χ3v) is 7.83. The van der Waals surface area contributed by atoms with E-state index in [0.717, 1.165) is 15.2 Å². The zero-order valence-corrected chi connectivity index (χ0v) is 16.5. The summed E-state index contributed by atoms with van der Waals surface area (Å²) in [4.78, 5) is 4.65. The fraction of sp³-hybridized carbons (Fsp3) is 0.188. The van der Waals surface area contributed by atoms with E-state index in [1.165, 1.54) is 3.97 Å². The van der Waals surface area contributed by atoms with Crippen LogP contribution in [0.1, 0.15) is 0 Å². The van der Waals surface area contributed by atoms with Crippen molar-refractivity contribution in [3.63, 3.8) is 0 Å². The second kappa shape index (κ2) is 5.57. The molecule has 0 saturated carbocycles. The minimum atomic E-state index is -3.68. The van der Waals surface area contributed by atoms with Crippen molar-refractivity contribution < 1.29 is 8.42 Å². The maximum Gasteiger partial charge on any atom is 0.269 e. The third-order valence-electron chi connectivity index (χ3n) is 3.61. The second-order valence-electron chi connectivity index (χ2n) is 6.43. The largest absolute Gasteiger partial charge is 0.269 e. The Balaban J connectivity index is 2.40. The van der Waals surface area contributed by atoms with Crippen LogP contribution in [-0.4, -0.2) is 25.4 Å². The van der Waals surface area contributed by atoms with Crippen LogP contribution in [0, 0.1) is 0 Å². The molecular weight excluding hydrogens is 392 g/mol. The summed E-state index contributed by atoms with van der Waals surface area (Å²) in [5.74, 6) is 0. The summed E-state index contributed by atoms with van der Waals surface area (Å²) < 4.78 is 28.7. The number of halogens is 1. The Morgan fingerprint density at radius 3 is 2.35 bits per heavy atom. The molecule has 7 heteroatoms. The molecule has 0 spiro atoms. The first-order chi connectivity index (χ1) is 10.7. The highest BCUT2D eigenvalue weighted by atomic mass is 79.9. The molecule has 0 fully saturated rings. The number of hydrogen-bond acceptors (Lipinski definition) is 3. The van der Waals surface area contributed by atoms with Crippen molar-refractivity contribution in [1.29, 1.82) is 0 Å². The standard InChI is InChI=1S/C16H17BrN2O2SSi/c1-23(2,3)15-10-12-9-13(17)11-18-16(12)19(15)22(20,21)14-7-5-4-6-8-14/h4-11H,1-3H3. The molecule has 2 heterocycles. The molecule has 4 nitrogen and oxygen atoms in total. The normalized spacial score (nSPS) is 12.7. The first-order valence-electron chi connectivity index (χ1n) is 7.19. The van der Waals surface area contributed by atoms with Crippen LogP contribution in [0.25, 0.3) is 11.0 Å². The van der Waals surface area contributed by atoms with Gasteiger partial charge in [-0.1, -0.05) is 37.8 Å². The predicted octanol–water partition coefficient (Wildman–Crippen LogP) is 3.58. The van der Waals surface area contributed by atoms with Crippen LogP contribution in [-0.2, 0) is 10.0 Å². The number of rotatable bonds is 3. The van der Waals surface area contributed by atoms with E-state index in [0.29, 0.717) is 5.65 Å². The highest BCUT2D eigenvalue weighted by Gasteiger charge is 2.30. The van der Waals surface area contributed by atoms with Crippen LogP contribution in [0.5, 0.6) is 0 Å². The lowest BCUT2D eigenvalue weighted by Gasteiger charge is -2.19. The van der Waals surface area contributed by atoms with Crippen molar-refractivity contribution in [2.45, 2.75) is 24.5 Å². The number of aromatic nitrogens is 2. The molecule has 0 aliphatic rings. The average molecular weight is 409 g/mol. The molecule has 0 saturated heterocycles. The van der Waals surface area contributed by atoms with E-state index in [1.54, 1.807) is 30.5 Å². The quantitative estimate of drug-likeness (QED) is 0.622. The molecule has 0 aliphatic carbocycles. The van der Waals surface area contributed by atoms with Gasteiger partial charge < -0.3 is 0 Å². The molecule has 0 N–H and O–H groups in total. The van der Waals surface area contributed by atoms with Crippen molar-refractivity contribution in [2.24, 2.45) is 0 Å². The molecule has 3 rings (SSSR count).